The van der Waals surface area contributed by atoms with E-state index in [0.29, 0.717) is 12.1 Å². The summed E-state index contributed by atoms with van der Waals surface area (Å²) in [7, 11) is 2.18. The lowest BCUT2D eigenvalue weighted by molar-refractivity contribution is 0.223. The zero-order chi connectivity index (χ0) is 10.3. The topological polar surface area (TPSA) is 15.3 Å². The number of hydrogen-bond acceptors (Lipinski definition) is 3. The number of nitrogens with zero attached hydrogens (tertiary/aromatic N) is 1. The second-order valence-electron chi connectivity index (χ2n) is 3.85. The zero-order valence-corrected chi connectivity index (χ0v) is 10.3. The summed E-state index contributed by atoms with van der Waals surface area (Å²) in [5.74, 6) is 0. The van der Waals surface area contributed by atoms with E-state index < -0.39 is 0 Å². The van der Waals surface area contributed by atoms with Crippen LogP contribution in [0.2, 0.25) is 0 Å². The Bertz CT molecular complexity index is 119. The normalized spacial score (nSPS) is 16.2. The zero-order valence-electron chi connectivity index (χ0n) is 9.38. The van der Waals surface area contributed by atoms with Crippen LogP contribution in [0.5, 0.6) is 0 Å². The summed E-state index contributed by atoms with van der Waals surface area (Å²) < 4.78 is 2.99. The maximum absolute atomic E-state index is 4.08. The van der Waals surface area contributed by atoms with Crippen LogP contribution in [0, 0.1) is 0 Å². The lowest BCUT2D eigenvalue weighted by Gasteiger charge is -2.29. The Morgan fingerprint density at radius 2 is 1.92 bits per heavy atom. The van der Waals surface area contributed by atoms with Crippen LogP contribution < -0.4 is 4.72 Å². The molecule has 0 aliphatic carbocycles. The van der Waals surface area contributed by atoms with Crippen molar-refractivity contribution in [3.63, 3.8) is 0 Å². The molecule has 0 saturated heterocycles. The summed E-state index contributed by atoms with van der Waals surface area (Å²) in [5.41, 5.74) is 0. The van der Waals surface area contributed by atoms with Crippen LogP contribution in [0.3, 0.4) is 0 Å². The highest BCUT2D eigenvalue weighted by atomic mass is 32.1. The van der Waals surface area contributed by atoms with E-state index in [1.165, 1.54) is 25.8 Å². The van der Waals surface area contributed by atoms with Gasteiger partial charge in [0.15, 0.2) is 0 Å². The van der Waals surface area contributed by atoms with Gasteiger partial charge in [0.2, 0.25) is 0 Å². The van der Waals surface area contributed by atoms with E-state index >= 15 is 0 Å². The second-order valence-corrected chi connectivity index (χ2v) is 4.10. The molecule has 2 atom stereocenters. The van der Waals surface area contributed by atoms with Crippen molar-refractivity contribution in [3.8, 4) is 0 Å². The second kappa shape index (κ2) is 7.65. The molecule has 0 spiro atoms. The van der Waals surface area contributed by atoms with Gasteiger partial charge < -0.3 is 4.90 Å². The van der Waals surface area contributed by atoms with Gasteiger partial charge in [0.1, 0.15) is 0 Å². The fraction of sp³-hybridized carbons (Fsp3) is 1.00. The minimum atomic E-state index is 0.440. The number of nitrogens with one attached hydrogen (secondary N) is 1. The smallest absolute Gasteiger partial charge is 0.0294 e. The molecule has 0 heterocycles. The summed E-state index contributed by atoms with van der Waals surface area (Å²) in [6.07, 6.45) is 3.93. The number of rotatable bonds is 7. The van der Waals surface area contributed by atoms with Crippen LogP contribution >= 0.6 is 12.8 Å². The van der Waals surface area contributed by atoms with E-state index in [-0.39, 0.29) is 0 Å². The molecule has 0 radical (unpaired) electrons. The van der Waals surface area contributed by atoms with Gasteiger partial charge in [-0.05, 0) is 33.9 Å². The minimum absolute atomic E-state index is 0.440. The fourth-order valence-corrected chi connectivity index (χ4v) is 1.52. The molecule has 2 unspecified atom stereocenters. The van der Waals surface area contributed by atoms with E-state index in [4.69, 9.17) is 0 Å². The average molecular weight is 204 g/mol. The molecule has 0 rings (SSSR count). The maximum atomic E-state index is 4.08. The molecule has 0 aromatic rings. The predicted octanol–water partition coefficient (Wildman–Crippen LogP) is 2.32. The summed E-state index contributed by atoms with van der Waals surface area (Å²) >= 11 is 4.08. The number of hydrogen-bond donors (Lipinski definition) is 2. The first-order valence-corrected chi connectivity index (χ1v) is 5.68. The standard InChI is InChI=1S/C10H24N2S/c1-5-6-7-8-12(4)10(3)9(2)11-13/h9-11,13H,5-8H2,1-4H3. The van der Waals surface area contributed by atoms with Crippen molar-refractivity contribution >= 4 is 12.8 Å². The highest BCUT2D eigenvalue weighted by Gasteiger charge is 2.14. The number of thiol groups is 1. The molecular weight excluding hydrogens is 180 g/mol. The van der Waals surface area contributed by atoms with Crippen molar-refractivity contribution in [2.45, 2.75) is 52.1 Å². The van der Waals surface area contributed by atoms with E-state index in [9.17, 15) is 0 Å². The van der Waals surface area contributed by atoms with Crippen molar-refractivity contribution in [2.24, 2.45) is 0 Å². The van der Waals surface area contributed by atoms with Gasteiger partial charge >= 0.3 is 0 Å². The molecule has 0 saturated carbocycles. The first kappa shape index (κ1) is 13.3. The Hall–Kier alpha value is 0.270. The summed E-state index contributed by atoms with van der Waals surface area (Å²) in [5, 5.41) is 0. The highest BCUT2D eigenvalue weighted by molar-refractivity contribution is 7.78. The van der Waals surface area contributed by atoms with E-state index in [2.05, 4.69) is 50.3 Å². The first-order valence-electron chi connectivity index (χ1n) is 5.23. The van der Waals surface area contributed by atoms with Gasteiger partial charge in [-0.3, -0.25) is 4.72 Å². The molecule has 13 heavy (non-hydrogen) atoms. The molecule has 0 fully saturated rings. The van der Waals surface area contributed by atoms with E-state index in [0.717, 1.165) is 0 Å². The largest absolute Gasteiger partial charge is 0.302 e. The average Bonchev–Trinajstić information content (AvgIpc) is 2.15. The molecule has 1 N–H and O–H groups in total. The quantitative estimate of drug-likeness (QED) is 0.489. The van der Waals surface area contributed by atoms with Gasteiger partial charge in [0, 0.05) is 12.1 Å². The van der Waals surface area contributed by atoms with Crippen LogP contribution in [-0.4, -0.2) is 30.6 Å². The Morgan fingerprint density at radius 1 is 1.31 bits per heavy atom. The van der Waals surface area contributed by atoms with Crippen molar-refractivity contribution < 1.29 is 0 Å². The Labute approximate surface area is 88.6 Å². The van der Waals surface area contributed by atoms with Gasteiger partial charge in [-0.1, -0.05) is 32.6 Å². The Balaban J connectivity index is 3.62. The molecule has 0 aromatic carbocycles. The molecule has 0 aromatic heterocycles. The van der Waals surface area contributed by atoms with E-state index in [1.54, 1.807) is 0 Å². The van der Waals surface area contributed by atoms with Crippen LogP contribution in [0.4, 0.5) is 0 Å². The Morgan fingerprint density at radius 3 is 2.38 bits per heavy atom. The van der Waals surface area contributed by atoms with Crippen LogP contribution in [0.25, 0.3) is 0 Å². The summed E-state index contributed by atoms with van der Waals surface area (Å²) in [4.78, 5) is 2.39. The van der Waals surface area contributed by atoms with E-state index in [1.807, 2.05) is 0 Å². The van der Waals surface area contributed by atoms with Crippen molar-refractivity contribution in [3.05, 3.63) is 0 Å². The third-order valence-corrected chi connectivity index (χ3v) is 3.14. The summed E-state index contributed by atoms with van der Waals surface area (Å²) in [6, 6.07) is 0.990. The SMILES string of the molecule is CCCCCN(C)C(C)C(C)NS. The maximum Gasteiger partial charge on any atom is 0.0294 e. The molecule has 2 nitrogen and oxygen atoms in total. The van der Waals surface area contributed by atoms with Crippen molar-refractivity contribution in [1.82, 2.24) is 9.62 Å². The van der Waals surface area contributed by atoms with Crippen LogP contribution in [0.15, 0.2) is 0 Å². The molecule has 0 aliphatic rings. The molecule has 0 bridgehead atoms. The van der Waals surface area contributed by atoms with Gasteiger partial charge in [-0.25, -0.2) is 0 Å². The lowest BCUT2D eigenvalue weighted by Crippen LogP contribution is -2.42. The molecule has 0 aliphatic heterocycles. The molecule has 80 valence electrons. The predicted molar refractivity (Wildman–Crippen MR) is 63.2 cm³/mol. The number of unbranched alkanes of at least 4 members (excludes halogenated alkanes) is 2. The van der Waals surface area contributed by atoms with Crippen molar-refractivity contribution in [1.29, 1.82) is 0 Å². The third-order valence-electron chi connectivity index (χ3n) is 2.74. The van der Waals surface area contributed by atoms with Crippen molar-refractivity contribution in [2.75, 3.05) is 13.6 Å². The van der Waals surface area contributed by atoms with Gasteiger partial charge in [-0.15, -0.1) is 0 Å². The highest BCUT2D eigenvalue weighted by Crippen LogP contribution is 2.04. The van der Waals surface area contributed by atoms with Crippen LogP contribution in [0.1, 0.15) is 40.0 Å². The Kier molecular flexibility index (Phi) is 7.81. The molecule has 0 amide bonds. The van der Waals surface area contributed by atoms with Gasteiger partial charge in [0.25, 0.3) is 0 Å². The van der Waals surface area contributed by atoms with Crippen LogP contribution in [-0.2, 0) is 0 Å². The third kappa shape index (κ3) is 5.55. The molecular formula is C10H24N2S. The summed E-state index contributed by atoms with van der Waals surface area (Å²) in [6.45, 7) is 7.82. The number of likely N-dealkylation sites (N-methyl/N-ethyl adjacent to an activating group) is 1. The molecule has 3 heteroatoms. The van der Waals surface area contributed by atoms with Gasteiger partial charge in [-0.2, -0.15) is 0 Å². The monoisotopic (exact) mass is 204 g/mol. The van der Waals surface area contributed by atoms with Gasteiger partial charge in [0.05, 0.1) is 0 Å². The lowest BCUT2D eigenvalue weighted by atomic mass is 10.1. The first-order chi connectivity index (χ1) is 6.13. The fourth-order valence-electron chi connectivity index (χ4n) is 1.30. The minimum Gasteiger partial charge on any atom is -0.302 e.